The van der Waals surface area contributed by atoms with Crippen LogP contribution in [0.5, 0.6) is 0 Å². The Labute approximate surface area is 89.2 Å². The number of nitrogens with zero attached hydrogens (tertiary/aromatic N) is 2. The van der Waals surface area contributed by atoms with Crippen LogP contribution in [0.3, 0.4) is 0 Å². The van der Waals surface area contributed by atoms with Crippen molar-refractivity contribution < 1.29 is 0 Å². The fraction of sp³-hybridized carbons (Fsp3) is 0.167. The predicted octanol–water partition coefficient (Wildman–Crippen LogP) is 1.37. The summed E-state index contributed by atoms with van der Waals surface area (Å²) in [5, 5.41) is 3.26. The Bertz CT molecular complexity index is 347. The Hall–Kier alpha value is -1.92. The highest BCUT2D eigenvalue weighted by Crippen LogP contribution is 1.94. The van der Waals surface area contributed by atoms with Crippen LogP contribution in [-0.2, 0) is 13.1 Å². The van der Waals surface area contributed by atoms with E-state index in [2.05, 4.69) is 27.5 Å². The number of rotatable bonds is 4. The summed E-state index contributed by atoms with van der Waals surface area (Å²) in [5.74, 6) is 0. The van der Waals surface area contributed by atoms with E-state index in [1.54, 1.807) is 6.20 Å². The molecule has 0 aliphatic heterocycles. The smallest absolute Gasteiger partial charge is 0.0655 e. The average molecular weight is 197 g/mol. The second-order valence-electron chi connectivity index (χ2n) is 3.12. The van der Waals surface area contributed by atoms with Gasteiger partial charge in [0.05, 0.1) is 11.4 Å². The number of aromatic nitrogens is 2. The van der Waals surface area contributed by atoms with Gasteiger partial charge in [0.15, 0.2) is 0 Å². The normalized spacial score (nSPS) is 9.60. The summed E-state index contributed by atoms with van der Waals surface area (Å²) in [5.41, 5.74) is 1.99. The maximum Gasteiger partial charge on any atom is 0.0655 e. The minimum absolute atomic E-state index is 0.724. The monoisotopic (exact) mass is 197 g/mol. The predicted molar refractivity (Wildman–Crippen MR) is 56.7 cm³/mol. The van der Waals surface area contributed by atoms with Crippen molar-refractivity contribution in [1.29, 1.82) is 0 Å². The highest BCUT2D eigenvalue weighted by molar-refractivity contribution is 5.04. The van der Waals surface area contributed by atoms with Crippen LogP contribution in [0.15, 0.2) is 36.5 Å². The average Bonchev–Trinajstić information content (AvgIpc) is 2.32. The molecule has 74 valence electrons. The van der Waals surface area contributed by atoms with Crippen LogP contribution in [0, 0.1) is 12.3 Å². The Balaban J connectivity index is 1.81. The van der Waals surface area contributed by atoms with Gasteiger partial charge in [0.1, 0.15) is 0 Å². The molecule has 2 aromatic rings. The summed E-state index contributed by atoms with van der Waals surface area (Å²) in [6, 6.07) is 12.4. The van der Waals surface area contributed by atoms with Crippen LogP contribution in [0.1, 0.15) is 11.4 Å². The summed E-state index contributed by atoms with van der Waals surface area (Å²) >= 11 is 0. The lowest BCUT2D eigenvalue weighted by Gasteiger charge is -2.02. The first kappa shape index (κ1) is 9.63. The van der Waals surface area contributed by atoms with Gasteiger partial charge in [0, 0.05) is 25.5 Å². The van der Waals surface area contributed by atoms with Gasteiger partial charge in [-0.1, -0.05) is 6.07 Å². The van der Waals surface area contributed by atoms with E-state index in [0.29, 0.717) is 0 Å². The summed E-state index contributed by atoms with van der Waals surface area (Å²) in [7, 11) is 0. The summed E-state index contributed by atoms with van der Waals surface area (Å²) in [4.78, 5) is 8.26. The number of nitrogens with one attached hydrogen (secondary N) is 1. The summed E-state index contributed by atoms with van der Waals surface area (Å²) in [6.45, 7) is 1.48. The Kier molecular flexibility index (Phi) is 3.26. The second kappa shape index (κ2) is 5.08. The van der Waals surface area contributed by atoms with E-state index in [0.717, 1.165) is 24.5 Å². The first-order valence-electron chi connectivity index (χ1n) is 4.79. The van der Waals surface area contributed by atoms with E-state index in [1.165, 1.54) is 0 Å². The van der Waals surface area contributed by atoms with Crippen molar-refractivity contribution in [3.63, 3.8) is 0 Å². The Morgan fingerprint density at radius 1 is 1.13 bits per heavy atom. The maximum atomic E-state index is 4.21. The molecule has 15 heavy (non-hydrogen) atoms. The van der Waals surface area contributed by atoms with Crippen molar-refractivity contribution in [3.05, 3.63) is 60.2 Å². The molecule has 3 heteroatoms. The third-order valence-corrected chi connectivity index (χ3v) is 1.96. The molecule has 0 unspecified atom stereocenters. The van der Waals surface area contributed by atoms with Crippen molar-refractivity contribution in [3.8, 4) is 0 Å². The fourth-order valence-corrected chi connectivity index (χ4v) is 1.24. The molecular formula is C12H11N3. The molecule has 0 amide bonds. The number of hydrogen-bond acceptors (Lipinski definition) is 3. The maximum absolute atomic E-state index is 4.21. The Morgan fingerprint density at radius 2 is 2.07 bits per heavy atom. The van der Waals surface area contributed by atoms with E-state index in [4.69, 9.17) is 0 Å². The van der Waals surface area contributed by atoms with Gasteiger partial charge in [0.2, 0.25) is 0 Å². The fourth-order valence-electron chi connectivity index (χ4n) is 1.24. The molecule has 0 aromatic carbocycles. The quantitative estimate of drug-likeness (QED) is 0.804. The molecule has 0 saturated carbocycles. The molecular weight excluding hydrogens is 186 g/mol. The molecule has 0 fully saturated rings. The molecule has 0 saturated heterocycles. The van der Waals surface area contributed by atoms with Gasteiger partial charge >= 0.3 is 0 Å². The highest BCUT2D eigenvalue weighted by atomic mass is 14.9. The largest absolute Gasteiger partial charge is 0.305 e. The van der Waals surface area contributed by atoms with E-state index in [-0.39, 0.29) is 0 Å². The lowest BCUT2D eigenvalue weighted by Crippen LogP contribution is -2.14. The van der Waals surface area contributed by atoms with Crippen LogP contribution >= 0.6 is 0 Å². The van der Waals surface area contributed by atoms with E-state index < -0.39 is 0 Å². The third kappa shape index (κ3) is 3.04. The summed E-state index contributed by atoms with van der Waals surface area (Å²) < 4.78 is 0. The minimum Gasteiger partial charge on any atom is -0.305 e. The molecule has 3 nitrogen and oxygen atoms in total. The third-order valence-electron chi connectivity index (χ3n) is 1.96. The van der Waals surface area contributed by atoms with Gasteiger partial charge in [-0.05, 0) is 30.3 Å². The second-order valence-corrected chi connectivity index (χ2v) is 3.12. The van der Waals surface area contributed by atoms with Crippen molar-refractivity contribution in [2.45, 2.75) is 13.1 Å². The molecule has 0 bridgehead atoms. The van der Waals surface area contributed by atoms with Gasteiger partial charge in [-0.25, -0.2) is 4.98 Å². The SMILES string of the molecule is c1ccc(CNCc2ccccn2)nc#1. The standard InChI is InChI=1S/C12H11N3/c1-3-7-14-11(5-1)9-13-10-12-6-2-4-8-15-12/h1-3,5-7,13H,9-10H2. The van der Waals surface area contributed by atoms with Crippen LogP contribution in [0.4, 0.5) is 0 Å². The van der Waals surface area contributed by atoms with Crippen LogP contribution in [-0.4, -0.2) is 9.97 Å². The Morgan fingerprint density at radius 3 is 2.80 bits per heavy atom. The lowest BCUT2D eigenvalue weighted by molar-refractivity contribution is 0.668. The zero-order valence-corrected chi connectivity index (χ0v) is 8.27. The van der Waals surface area contributed by atoms with Crippen LogP contribution in [0.25, 0.3) is 0 Å². The first-order valence-corrected chi connectivity index (χ1v) is 4.79. The van der Waals surface area contributed by atoms with Gasteiger partial charge < -0.3 is 5.32 Å². The van der Waals surface area contributed by atoms with Crippen molar-refractivity contribution in [2.75, 3.05) is 0 Å². The molecule has 2 heterocycles. The molecule has 0 atom stereocenters. The van der Waals surface area contributed by atoms with E-state index in [9.17, 15) is 0 Å². The van der Waals surface area contributed by atoms with Crippen molar-refractivity contribution >= 4 is 0 Å². The van der Waals surface area contributed by atoms with Crippen molar-refractivity contribution in [2.24, 2.45) is 0 Å². The molecule has 2 aromatic heterocycles. The minimum atomic E-state index is 0.724. The van der Waals surface area contributed by atoms with Crippen LogP contribution < -0.4 is 5.32 Å². The number of pyridine rings is 1. The van der Waals surface area contributed by atoms with Gasteiger partial charge in [-0.2, -0.15) is 0 Å². The zero-order chi connectivity index (χ0) is 10.3. The molecule has 0 spiro atoms. The zero-order valence-electron chi connectivity index (χ0n) is 8.27. The molecule has 0 aliphatic rings. The van der Waals surface area contributed by atoms with E-state index >= 15 is 0 Å². The van der Waals surface area contributed by atoms with E-state index in [1.807, 2.05) is 30.3 Å². The van der Waals surface area contributed by atoms with Gasteiger partial charge in [-0.3, -0.25) is 4.98 Å². The van der Waals surface area contributed by atoms with Crippen LogP contribution in [0.2, 0.25) is 0 Å². The summed E-state index contributed by atoms with van der Waals surface area (Å²) in [6.07, 6.45) is 4.47. The van der Waals surface area contributed by atoms with Crippen molar-refractivity contribution in [1.82, 2.24) is 15.3 Å². The number of hydrogen-bond donors (Lipinski definition) is 1. The molecule has 0 aliphatic carbocycles. The molecule has 0 radical (unpaired) electrons. The highest BCUT2D eigenvalue weighted by Gasteiger charge is 1.94. The van der Waals surface area contributed by atoms with Gasteiger partial charge in [0.25, 0.3) is 0 Å². The topological polar surface area (TPSA) is 37.8 Å². The van der Waals surface area contributed by atoms with Gasteiger partial charge in [-0.15, -0.1) is 0 Å². The first-order chi connectivity index (χ1) is 7.45. The molecule has 2 rings (SSSR count). The molecule has 1 N–H and O–H groups in total. The lowest BCUT2D eigenvalue weighted by atomic mass is 10.3.